The first-order chi connectivity index (χ1) is 9.19. The van der Waals surface area contributed by atoms with Gasteiger partial charge in [0.2, 0.25) is 0 Å². The van der Waals surface area contributed by atoms with E-state index >= 15 is 0 Å². The molecule has 1 aromatic heterocycles. The molecule has 1 atom stereocenters. The van der Waals surface area contributed by atoms with Crippen LogP contribution in [-0.2, 0) is 4.74 Å². The van der Waals surface area contributed by atoms with Crippen LogP contribution in [0.25, 0.3) is 11.4 Å². The predicted molar refractivity (Wildman–Crippen MR) is 76.1 cm³/mol. The Labute approximate surface area is 113 Å². The molecule has 1 aromatic carbocycles. The Bertz CT molecular complexity index is 524. The molecule has 19 heavy (non-hydrogen) atoms. The summed E-state index contributed by atoms with van der Waals surface area (Å²) < 4.78 is 5.12. The molecule has 0 fully saturated rings. The van der Waals surface area contributed by atoms with Gasteiger partial charge in [0, 0.05) is 24.9 Å². The molecule has 5 heteroatoms. The Morgan fingerprint density at radius 3 is 2.95 bits per heavy atom. The van der Waals surface area contributed by atoms with Crippen LogP contribution in [0.5, 0.6) is 0 Å². The lowest BCUT2D eigenvalue weighted by Gasteiger charge is -2.12. The van der Waals surface area contributed by atoms with E-state index in [4.69, 9.17) is 4.74 Å². The summed E-state index contributed by atoms with van der Waals surface area (Å²) >= 11 is 0. The molecule has 1 unspecified atom stereocenters. The van der Waals surface area contributed by atoms with Crippen molar-refractivity contribution in [2.75, 3.05) is 25.6 Å². The van der Waals surface area contributed by atoms with Crippen molar-refractivity contribution in [3.8, 4) is 11.4 Å². The number of aromatic amines is 1. The van der Waals surface area contributed by atoms with Crippen molar-refractivity contribution < 1.29 is 4.74 Å². The van der Waals surface area contributed by atoms with Gasteiger partial charge in [0.25, 0.3) is 0 Å². The van der Waals surface area contributed by atoms with Gasteiger partial charge in [-0.05, 0) is 25.0 Å². The third kappa shape index (κ3) is 3.79. The van der Waals surface area contributed by atoms with E-state index in [2.05, 4.69) is 33.5 Å². The summed E-state index contributed by atoms with van der Waals surface area (Å²) in [5, 5.41) is 10.4. The number of anilines is 1. The SMILES string of the molecule is COCC(C)CNc1cccc(-c2n[nH]c(C)n2)c1. The summed E-state index contributed by atoms with van der Waals surface area (Å²) in [7, 11) is 1.72. The molecule has 2 aromatic rings. The van der Waals surface area contributed by atoms with Gasteiger partial charge in [0.05, 0.1) is 6.61 Å². The van der Waals surface area contributed by atoms with Crippen molar-refractivity contribution in [1.29, 1.82) is 0 Å². The third-order valence-electron chi connectivity index (χ3n) is 2.82. The fraction of sp³-hybridized carbons (Fsp3) is 0.429. The maximum absolute atomic E-state index is 5.12. The van der Waals surface area contributed by atoms with Crippen LogP contribution in [0.1, 0.15) is 12.7 Å². The number of ether oxygens (including phenoxy) is 1. The minimum Gasteiger partial charge on any atom is -0.385 e. The van der Waals surface area contributed by atoms with E-state index in [1.807, 2.05) is 25.1 Å². The summed E-state index contributed by atoms with van der Waals surface area (Å²) in [6.07, 6.45) is 0. The van der Waals surface area contributed by atoms with Crippen molar-refractivity contribution in [2.24, 2.45) is 5.92 Å². The highest BCUT2D eigenvalue weighted by Gasteiger charge is 2.05. The maximum atomic E-state index is 5.12. The minimum absolute atomic E-state index is 0.472. The number of hydrogen-bond acceptors (Lipinski definition) is 4. The number of hydrogen-bond donors (Lipinski definition) is 2. The zero-order chi connectivity index (χ0) is 13.7. The molecule has 0 amide bonds. The summed E-state index contributed by atoms with van der Waals surface area (Å²) in [5.74, 6) is 2.02. The van der Waals surface area contributed by atoms with Gasteiger partial charge in [0.15, 0.2) is 5.82 Å². The van der Waals surface area contributed by atoms with Crippen LogP contribution in [0.2, 0.25) is 0 Å². The lowest BCUT2D eigenvalue weighted by atomic mass is 10.1. The number of methoxy groups -OCH3 is 1. The normalized spacial score (nSPS) is 12.4. The van der Waals surface area contributed by atoms with Crippen LogP contribution >= 0.6 is 0 Å². The van der Waals surface area contributed by atoms with E-state index in [-0.39, 0.29) is 0 Å². The number of benzene rings is 1. The van der Waals surface area contributed by atoms with E-state index in [1.54, 1.807) is 7.11 Å². The molecule has 2 rings (SSSR count). The van der Waals surface area contributed by atoms with Crippen molar-refractivity contribution in [1.82, 2.24) is 15.2 Å². The van der Waals surface area contributed by atoms with Crippen LogP contribution in [0.4, 0.5) is 5.69 Å². The van der Waals surface area contributed by atoms with Crippen LogP contribution in [0, 0.1) is 12.8 Å². The van der Waals surface area contributed by atoms with E-state index in [1.165, 1.54) is 0 Å². The lowest BCUT2D eigenvalue weighted by molar-refractivity contribution is 0.164. The molecule has 0 radical (unpaired) electrons. The molecular weight excluding hydrogens is 240 g/mol. The fourth-order valence-electron chi connectivity index (χ4n) is 1.88. The molecular formula is C14H20N4O. The molecule has 0 saturated carbocycles. The predicted octanol–water partition coefficient (Wildman–Crippen LogP) is 2.47. The van der Waals surface area contributed by atoms with E-state index in [0.29, 0.717) is 5.92 Å². The molecule has 5 nitrogen and oxygen atoms in total. The Morgan fingerprint density at radius 1 is 1.42 bits per heavy atom. The number of nitrogens with one attached hydrogen (secondary N) is 2. The van der Waals surface area contributed by atoms with Crippen LogP contribution in [-0.4, -0.2) is 35.4 Å². The van der Waals surface area contributed by atoms with Gasteiger partial charge >= 0.3 is 0 Å². The van der Waals surface area contributed by atoms with Crippen LogP contribution in [0.15, 0.2) is 24.3 Å². The molecule has 1 heterocycles. The Morgan fingerprint density at radius 2 is 2.26 bits per heavy atom. The number of aryl methyl sites for hydroxylation is 1. The highest BCUT2D eigenvalue weighted by molar-refractivity contribution is 5.62. The Balaban J connectivity index is 2.03. The minimum atomic E-state index is 0.472. The molecule has 0 aliphatic carbocycles. The van der Waals surface area contributed by atoms with E-state index < -0.39 is 0 Å². The Kier molecular flexibility index (Phi) is 4.52. The smallest absolute Gasteiger partial charge is 0.181 e. The average molecular weight is 260 g/mol. The van der Waals surface area contributed by atoms with Gasteiger partial charge in [-0.2, -0.15) is 5.10 Å². The largest absolute Gasteiger partial charge is 0.385 e. The second-order valence-corrected chi connectivity index (χ2v) is 4.77. The van der Waals surface area contributed by atoms with Gasteiger partial charge in [-0.15, -0.1) is 0 Å². The highest BCUT2D eigenvalue weighted by atomic mass is 16.5. The Hall–Kier alpha value is -1.88. The van der Waals surface area contributed by atoms with Crippen LogP contribution < -0.4 is 5.32 Å². The first-order valence-corrected chi connectivity index (χ1v) is 6.41. The number of aromatic nitrogens is 3. The zero-order valence-corrected chi connectivity index (χ0v) is 11.6. The van der Waals surface area contributed by atoms with Gasteiger partial charge < -0.3 is 10.1 Å². The molecule has 102 valence electrons. The first-order valence-electron chi connectivity index (χ1n) is 6.41. The zero-order valence-electron chi connectivity index (χ0n) is 11.6. The van der Waals surface area contributed by atoms with Gasteiger partial charge in [-0.25, -0.2) is 4.98 Å². The molecule has 0 aliphatic heterocycles. The van der Waals surface area contributed by atoms with Gasteiger partial charge in [-0.1, -0.05) is 19.1 Å². The quantitative estimate of drug-likeness (QED) is 0.837. The van der Waals surface area contributed by atoms with Gasteiger partial charge in [0.1, 0.15) is 5.82 Å². The topological polar surface area (TPSA) is 62.8 Å². The van der Waals surface area contributed by atoms with Gasteiger partial charge in [-0.3, -0.25) is 5.10 Å². The maximum Gasteiger partial charge on any atom is 0.181 e. The first kappa shape index (κ1) is 13.5. The molecule has 0 bridgehead atoms. The van der Waals surface area contributed by atoms with E-state index in [9.17, 15) is 0 Å². The van der Waals surface area contributed by atoms with Crippen molar-refractivity contribution in [3.05, 3.63) is 30.1 Å². The summed E-state index contributed by atoms with van der Waals surface area (Å²) in [6, 6.07) is 8.11. The van der Waals surface area contributed by atoms with Crippen molar-refractivity contribution in [3.63, 3.8) is 0 Å². The van der Waals surface area contributed by atoms with Crippen molar-refractivity contribution in [2.45, 2.75) is 13.8 Å². The third-order valence-corrected chi connectivity index (χ3v) is 2.82. The summed E-state index contributed by atoms with van der Waals surface area (Å²) in [4.78, 5) is 4.33. The monoisotopic (exact) mass is 260 g/mol. The second kappa shape index (κ2) is 6.33. The summed E-state index contributed by atoms with van der Waals surface area (Å²) in [5.41, 5.74) is 2.08. The fourth-order valence-corrected chi connectivity index (χ4v) is 1.88. The molecule has 0 spiro atoms. The number of nitrogens with zero attached hydrogens (tertiary/aromatic N) is 2. The highest BCUT2D eigenvalue weighted by Crippen LogP contribution is 2.19. The van der Waals surface area contributed by atoms with Crippen LogP contribution in [0.3, 0.4) is 0 Å². The second-order valence-electron chi connectivity index (χ2n) is 4.77. The number of rotatable bonds is 6. The molecule has 2 N–H and O–H groups in total. The molecule has 0 aliphatic rings. The molecule has 0 saturated heterocycles. The van der Waals surface area contributed by atoms with Crippen molar-refractivity contribution >= 4 is 5.69 Å². The summed E-state index contributed by atoms with van der Waals surface area (Å²) in [6.45, 7) is 5.68. The standard InChI is InChI=1S/C14H20N4O/c1-10(9-19-3)8-15-13-6-4-5-12(7-13)14-16-11(2)17-18-14/h4-7,10,15H,8-9H2,1-3H3,(H,16,17,18). The average Bonchev–Trinajstić information content (AvgIpc) is 2.84. The van der Waals surface area contributed by atoms with E-state index in [0.717, 1.165) is 36.1 Å². The number of H-pyrrole nitrogens is 1. The lowest BCUT2D eigenvalue weighted by Crippen LogP contribution is -2.15.